The van der Waals surface area contributed by atoms with Crippen LogP contribution in [0.3, 0.4) is 0 Å². The van der Waals surface area contributed by atoms with Crippen LogP contribution in [-0.2, 0) is 46.6 Å². The highest BCUT2D eigenvalue weighted by atomic mass is 32.2. The van der Waals surface area contributed by atoms with E-state index >= 15 is 0 Å². The minimum absolute atomic E-state index is 0.0215. The number of likely N-dealkylation sites (tertiary alicyclic amines) is 3. The fraction of sp³-hybridized carbons (Fsp3) is 0.604. The van der Waals surface area contributed by atoms with E-state index < -0.39 is 74.8 Å². The van der Waals surface area contributed by atoms with Gasteiger partial charge in [-0.05, 0) is 76.3 Å². The van der Waals surface area contributed by atoms with Gasteiger partial charge in [0.25, 0.3) is 0 Å². The summed E-state index contributed by atoms with van der Waals surface area (Å²) in [5.41, 5.74) is 0.548. The van der Waals surface area contributed by atoms with E-state index in [0.29, 0.717) is 63.0 Å². The Kier molecular flexibility index (Phi) is 18.2. The molecule has 1 spiro atoms. The Morgan fingerprint density at radius 2 is 1.22 bits per heavy atom. The van der Waals surface area contributed by atoms with E-state index in [2.05, 4.69) is 26.6 Å². The second kappa shape index (κ2) is 23.4. The third kappa shape index (κ3) is 15.8. The number of nitrogens with zero attached hydrogens (tertiary/aromatic N) is 3. The zero-order valence-corrected chi connectivity index (χ0v) is 40.9. The number of unbranched alkanes of at least 4 members (excludes halogenated alkanes) is 1. The molecular formula is C48H70N8O11S. The van der Waals surface area contributed by atoms with Gasteiger partial charge < -0.3 is 51.1 Å². The highest BCUT2D eigenvalue weighted by molar-refractivity contribution is 7.91. The molecule has 0 bridgehead atoms. The molecule has 0 aliphatic carbocycles. The number of piperidine rings is 1. The number of carbonyl (C=O) groups is 7. The molecule has 20 heteroatoms. The van der Waals surface area contributed by atoms with E-state index in [9.17, 15) is 47.1 Å². The molecule has 0 aromatic heterocycles. The van der Waals surface area contributed by atoms with Crippen LogP contribution >= 0.6 is 0 Å². The van der Waals surface area contributed by atoms with Crippen LogP contribution in [-0.4, -0.2) is 157 Å². The molecule has 3 aliphatic rings. The van der Waals surface area contributed by atoms with Gasteiger partial charge in [-0.3, -0.25) is 19.2 Å². The lowest BCUT2D eigenvalue weighted by Crippen LogP contribution is -2.68. The third-order valence-electron chi connectivity index (χ3n) is 12.5. The van der Waals surface area contributed by atoms with Gasteiger partial charge in [-0.25, -0.2) is 22.8 Å². The van der Waals surface area contributed by atoms with Gasteiger partial charge in [0, 0.05) is 70.3 Å². The maximum atomic E-state index is 14.4. The first kappa shape index (κ1) is 53.0. The fourth-order valence-electron chi connectivity index (χ4n) is 8.72. The van der Waals surface area contributed by atoms with E-state index in [1.54, 1.807) is 90.1 Å². The predicted octanol–water partition coefficient (Wildman–Crippen LogP) is 3.08. The van der Waals surface area contributed by atoms with Crippen molar-refractivity contribution in [3.05, 3.63) is 71.8 Å². The number of amides is 8. The first-order valence-corrected chi connectivity index (χ1v) is 25.4. The van der Waals surface area contributed by atoms with Crippen LogP contribution in [0.5, 0.6) is 0 Å². The number of hydrogen-bond donors (Lipinski definition) is 6. The number of sulfone groups is 1. The van der Waals surface area contributed by atoms with Crippen molar-refractivity contribution in [3.8, 4) is 0 Å². The Morgan fingerprint density at radius 3 is 1.72 bits per heavy atom. The number of carboxylic acid groups (broad SMARTS) is 1. The van der Waals surface area contributed by atoms with Crippen molar-refractivity contribution in [1.82, 2.24) is 41.3 Å². The lowest BCUT2D eigenvalue weighted by molar-refractivity contribution is -0.141. The topological polar surface area (TPSA) is 253 Å². The maximum Gasteiger partial charge on any atom is 0.407 e. The van der Waals surface area contributed by atoms with Crippen LogP contribution in [0.15, 0.2) is 60.7 Å². The number of hydrogen-bond acceptors (Lipinski definition) is 10. The Morgan fingerprint density at radius 1 is 0.721 bits per heavy atom. The summed E-state index contributed by atoms with van der Waals surface area (Å²) in [7, 11) is -3.22. The number of carbonyl (C=O) groups excluding carboxylic acids is 6. The molecule has 6 N–H and O–H groups in total. The third-order valence-corrected chi connectivity index (χ3v) is 14.0. The van der Waals surface area contributed by atoms with Gasteiger partial charge in [-0.2, -0.15) is 0 Å². The van der Waals surface area contributed by atoms with Crippen LogP contribution in [0.2, 0.25) is 0 Å². The lowest BCUT2D eigenvalue weighted by Gasteiger charge is -2.55. The average molecular weight is 967 g/mol. The number of benzene rings is 2. The standard InChI is InChI=1S/C48H70N8O11S/c1-32(2)25-37(51-41(58)38(26-33-15-9-7-10-16-33)52-42(59)39(53-44(61)62)27-34-17-11-8-12-18-34)40(57)50-36(19-13-14-22-49-45(63)67-47(3,4)5)43(60)54-23-20-48(21-24-54)30-56(31-48)46(64)55-28-35(29-55)68(6,65)66/h7-12,15-18,32,35-39,53H,13-14,19-31H2,1-6H3,(H,49,63)(H,50,57)(H,51,58)(H,52,59)(H,61,62)/t36-,37-,38-,39-/m1/s1. The zero-order chi connectivity index (χ0) is 49.8. The Balaban J connectivity index is 1.27. The first-order chi connectivity index (χ1) is 32.0. The van der Waals surface area contributed by atoms with E-state index in [0.717, 1.165) is 0 Å². The molecule has 3 heterocycles. The Bertz CT molecular complexity index is 2180. The molecule has 8 amide bonds. The van der Waals surface area contributed by atoms with Gasteiger partial charge in [0.2, 0.25) is 23.6 Å². The van der Waals surface area contributed by atoms with Crippen molar-refractivity contribution in [3.63, 3.8) is 0 Å². The average Bonchev–Trinajstić information content (AvgIpc) is 3.22. The normalized spacial score (nSPS) is 17.7. The molecule has 3 saturated heterocycles. The SMILES string of the molecule is CC(C)C[C@@H](NC(=O)[C@@H](Cc1ccccc1)NC(=O)[C@@H](Cc1ccccc1)NC(=O)O)C(=O)N[C@H](CCCCNC(=O)OC(C)(C)C)C(=O)N1CCC2(CC1)CN(C(=O)N1CC(S(C)(=O)=O)C1)C2. The van der Waals surface area contributed by atoms with Crippen LogP contribution in [0.25, 0.3) is 0 Å². The molecule has 0 radical (unpaired) electrons. The summed E-state index contributed by atoms with van der Waals surface area (Å²) in [5.74, 6) is -2.39. The van der Waals surface area contributed by atoms with Crippen molar-refractivity contribution < 1.29 is 51.8 Å². The predicted molar refractivity (Wildman–Crippen MR) is 254 cm³/mol. The van der Waals surface area contributed by atoms with Gasteiger partial charge >= 0.3 is 18.2 Å². The zero-order valence-electron chi connectivity index (χ0n) is 40.1. The second-order valence-electron chi connectivity index (χ2n) is 19.9. The maximum absolute atomic E-state index is 14.4. The summed E-state index contributed by atoms with van der Waals surface area (Å²) >= 11 is 0. The molecule has 0 saturated carbocycles. The highest BCUT2D eigenvalue weighted by Gasteiger charge is 2.50. The number of alkyl carbamates (subject to hydrolysis) is 1. The summed E-state index contributed by atoms with van der Waals surface area (Å²) < 4.78 is 29.1. The number of urea groups is 1. The number of rotatable bonds is 20. The molecule has 4 atom stereocenters. The van der Waals surface area contributed by atoms with Crippen LogP contribution in [0, 0.1) is 11.3 Å². The number of nitrogens with one attached hydrogen (secondary N) is 5. The molecule has 68 heavy (non-hydrogen) atoms. The van der Waals surface area contributed by atoms with Crippen LogP contribution < -0.4 is 26.6 Å². The number of ether oxygens (including phenoxy) is 1. The van der Waals surface area contributed by atoms with Gasteiger partial charge in [0.15, 0.2) is 9.84 Å². The molecule has 0 unspecified atom stereocenters. The molecule has 2 aromatic rings. The van der Waals surface area contributed by atoms with Crippen molar-refractivity contribution >= 4 is 51.7 Å². The molecule has 5 rings (SSSR count). The molecule has 3 aliphatic heterocycles. The van der Waals surface area contributed by atoms with Crippen molar-refractivity contribution in [2.45, 2.75) is 121 Å². The molecule has 374 valence electrons. The van der Waals surface area contributed by atoms with Crippen LogP contribution in [0.1, 0.15) is 84.3 Å². The molecular weight excluding hydrogens is 897 g/mol. The highest BCUT2D eigenvalue weighted by Crippen LogP contribution is 2.41. The Hall–Kier alpha value is -5.92. The van der Waals surface area contributed by atoms with Gasteiger partial charge in [-0.15, -0.1) is 0 Å². The second-order valence-corrected chi connectivity index (χ2v) is 22.3. The van der Waals surface area contributed by atoms with Crippen molar-refractivity contribution in [2.75, 3.05) is 52.1 Å². The van der Waals surface area contributed by atoms with Gasteiger partial charge in [-0.1, -0.05) is 74.5 Å². The largest absolute Gasteiger partial charge is 0.465 e. The monoisotopic (exact) mass is 966 g/mol. The van der Waals surface area contributed by atoms with E-state index in [-0.39, 0.29) is 68.6 Å². The molecule has 19 nitrogen and oxygen atoms in total. The fourth-order valence-corrected chi connectivity index (χ4v) is 9.63. The molecule has 2 aromatic carbocycles. The van der Waals surface area contributed by atoms with Gasteiger partial charge in [0.05, 0.1) is 5.25 Å². The van der Waals surface area contributed by atoms with Crippen molar-refractivity contribution in [2.24, 2.45) is 11.3 Å². The van der Waals surface area contributed by atoms with Crippen molar-refractivity contribution in [1.29, 1.82) is 0 Å². The lowest BCUT2D eigenvalue weighted by atomic mass is 9.72. The van der Waals surface area contributed by atoms with E-state index in [4.69, 9.17) is 4.74 Å². The minimum Gasteiger partial charge on any atom is -0.465 e. The Labute approximate surface area is 399 Å². The molecule has 3 fully saturated rings. The summed E-state index contributed by atoms with van der Waals surface area (Å²) in [5, 5.41) is 22.6. The quantitative estimate of drug-likeness (QED) is 0.105. The summed E-state index contributed by atoms with van der Waals surface area (Å²) in [4.78, 5) is 99.0. The minimum atomic E-state index is -3.22. The summed E-state index contributed by atoms with van der Waals surface area (Å²) in [6.07, 6.45) is 1.84. The first-order valence-electron chi connectivity index (χ1n) is 23.5. The summed E-state index contributed by atoms with van der Waals surface area (Å²) in [6.45, 7) is 11.5. The van der Waals surface area contributed by atoms with Gasteiger partial charge in [0.1, 0.15) is 29.8 Å². The van der Waals surface area contributed by atoms with Crippen LogP contribution in [0.4, 0.5) is 14.4 Å². The summed E-state index contributed by atoms with van der Waals surface area (Å²) in [6, 6.07) is 13.1. The van der Waals surface area contributed by atoms with E-state index in [1.807, 2.05) is 19.9 Å². The smallest absolute Gasteiger partial charge is 0.407 e. The van der Waals surface area contributed by atoms with E-state index in [1.165, 1.54) is 6.26 Å².